The molecule has 6 N–H and O–H groups in total. The van der Waals surface area contributed by atoms with Crippen molar-refractivity contribution in [3.8, 4) is 0 Å². The molecular weight excluding hydrogens is 214 g/mol. The summed E-state index contributed by atoms with van der Waals surface area (Å²) in [5.41, 5.74) is 8.79. The van der Waals surface area contributed by atoms with E-state index in [1.807, 2.05) is 0 Å². The van der Waals surface area contributed by atoms with E-state index in [9.17, 15) is 9.59 Å². The van der Waals surface area contributed by atoms with E-state index in [0.29, 0.717) is 0 Å². The zero-order valence-corrected chi connectivity index (χ0v) is 8.20. The highest BCUT2D eigenvalue weighted by Crippen LogP contribution is 2.21. The molecule has 1 heterocycles. The Hall–Kier alpha value is -1.99. The Morgan fingerprint density at radius 1 is 1.31 bits per heavy atom. The van der Waals surface area contributed by atoms with E-state index >= 15 is 0 Å². The summed E-state index contributed by atoms with van der Waals surface area (Å²) in [4.78, 5) is 25.5. The van der Waals surface area contributed by atoms with Crippen LogP contribution in [0.5, 0.6) is 0 Å². The van der Waals surface area contributed by atoms with Crippen molar-refractivity contribution in [1.82, 2.24) is 4.98 Å². The monoisotopic (exact) mass is 225 g/mol. The number of carbonyl (C=O) groups is 2. The summed E-state index contributed by atoms with van der Waals surface area (Å²) >= 11 is 0. The normalized spacial score (nSPS) is 16.1. The lowest BCUT2D eigenvalue weighted by atomic mass is 9.84. The Kier molecular flexibility index (Phi) is 3.21. The second kappa shape index (κ2) is 4.25. The van der Waals surface area contributed by atoms with Gasteiger partial charge in [-0.15, -0.1) is 0 Å². The molecule has 0 aliphatic rings. The summed E-state index contributed by atoms with van der Waals surface area (Å²) < 4.78 is 0. The van der Waals surface area contributed by atoms with E-state index in [1.165, 1.54) is 24.5 Å². The van der Waals surface area contributed by atoms with Crippen LogP contribution < -0.4 is 11.5 Å². The quantitative estimate of drug-likeness (QED) is 0.501. The van der Waals surface area contributed by atoms with Gasteiger partial charge in [0.15, 0.2) is 5.54 Å². The molecule has 2 unspecified atom stereocenters. The van der Waals surface area contributed by atoms with Crippen LogP contribution in [-0.4, -0.2) is 33.2 Å². The lowest BCUT2D eigenvalue weighted by molar-refractivity contribution is -0.152. The first kappa shape index (κ1) is 12.1. The molecule has 0 aliphatic carbocycles. The van der Waals surface area contributed by atoms with Crippen LogP contribution in [0.4, 0.5) is 0 Å². The zero-order valence-electron chi connectivity index (χ0n) is 8.20. The number of hydrogen-bond donors (Lipinski definition) is 4. The Morgan fingerprint density at radius 3 is 2.19 bits per heavy atom. The summed E-state index contributed by atoms with van der Waals surface area (Å²) in [5.74, 6) is -2.99. The third-order valence-electron chi connectivity index (χ3n) is 2.27. The van der Waals surface area contributed by atoms with Crippen LogP contribution in [0, 0.1) is 0 Å². The van der Waals surface area contributed by atoms with Crippen LogP contribution in [-0.2, 0) is 15.1 Å². The van der Waals surface area contributed by atoms with Gasteiger partial charge in [0.25, 0.3) is 0 Å². The molecular formula is C9H11N3O4. The molecule has 1 aromatic rings. The van der Waals surface area contributed by atoms with Crippen molar-refractivity contribution in [3.63, 3.8) is 0 Å². The Balaban J connectivity index is 3.28. The maximum atomic E-state index is 11.1. The van der Waals surface area contributed by atoms with Crippen molar-refractivity contribution in [1.29, 1.82) is 0 Å². The van der Waals surface area contributed by atoms with Gasteiger partial charge >= 0.3 is 11.9 Å². The fourth-order valence-electron chi connectivity index (χ4n) is 1.26. The van der Waals surface area contributed by atoms with Crippen LogP contribution in [0.3, 0.4) is 0 Å². The van der Waals surface area contributed by atoms with Crippen molar-refractivity contribution in [2.24, 2.45) is 11.5 Å². The van der Waals surface area contributed by atoms with Gasteiger partial charge in [0, 0.05) is 12.4 Å². The highest BCUT2D eigenvalue weighted by atomic mass is 16.4. The van der Waals surface area contributed by atoms with E-state index in [1.54, 1.807) is 0 Å². The van der Waals surface area contributed by atoms with Gasteiger partial charge in [0.05, 0.1) is 0 Å². The highest BCUT2D eigenvalue weighted by molar-refractivity contribution is 5.90. The second-order valence-corrected chi connectivity index (χ2v) is 3.23. The van der Waals surface area contributed by atoms with Gasteiger partial charge in [0.1, 0.15) is 6.04 Å². The Bertz CT molecular complexity index is 408. The first-order chi connectivity index (χ1) is 7.40. The molecule has 0 saturated carbocycles. The smallest absolute Gasteiger partial charge is 0.330 e. The third kappa shape index (κ3) is 1.86. The van der Waals surface area contributed by atoms with Crippen molar-refractivity contribution in [2.75, 3.05) is 0 Å². The number of nitrogens with two attached hydrogens (primary N) is 2. The number of aromatic nitrogens is 1. The highest BCUT2D eigenvalue weighted by Gasteiger charge is 2.46. The number of aliphatic carboxylic acids is 2. The number of carboxylic acid groups (broad SMARTS) is 2. The molecule has 16 heavy (non-hydrogen) atoms. The fraction of sp³-hybridized carbons (Fsp3) is 0.222. The molecule has 0 bridgehead atoms. The minimum Gasteiger partial charge on any atom is -0.480 e. The van der Waals surface area contributed by atoms with Crippen LogP contribution in [0.15, 0.2) is 24.5 Å². The van der Waals surface area contributed by atoms with Crippen molar-refractivity contribution in [2.45, 2.75) is 11.6 Å². The molecule has 0 aromatic carbocycles. The zero-order chi connectivity index (χ0) is 12.3. The van der Waals surface area contributed by atoms with Crippen LogP contribution in [0.25, 0.3) is 0 Å². The molecule has 0 fully saturated rings. The summed E-state index contributed by atoms with van der Waals surface area (Å²) in [6.07, 6.45) is 2.63. The molecule has 2 atom stereocenters. The van der Waals surface area contributed by atoms with Gasteiger partial charge in [0.2, 0.25) is 0 Å². The summed E-state index contributed by atoms with van der Waals surface area (Å²) in [6.45, 7) is 0. The maximum absolute atomic E-state index is 11.1. The molecule has 0 amide bonds. The minimum absolute atomic E-state index is 0.0879. The summed E-state index contributed by atoms with van der Waals surface area (Å²) in [6, 6.07) is 0.890. The van der Waals surface area contributed by atoms with Gasteiger partial charge in [-0.2, -0.15) is 0 Å². The van der Waals surface area contributed by atoms with Crippen molar-refractivity contribution < 1.29 is 19.8 Å². The molecule has 7 nitrogen and oxygen atoms in total. The molecule has 7 heteroatoms. The molecule has 0 aliphatic heterocycles. The first-order valence-electron chi connectivity index (χ1n) is 4.32. The van der Waals surface area contributed by atoms with Gasteiger partial charge in [-0.25, -0.2) is 4.79 Å². The van der Waals surface area contributed by atoms with E-state index in [4.69, 9.17) is 21.7 Å². The number of pyridine rings is 1. The lowest BCUT2D eigenvalue weighted by Crippen LogP contribution is -2.61. The van der Waals surface area contributed by atoms with Gasteiger partial charge < -0.3 is 21.7 Å². The predicted molar refractivity (Wildman–Crippen MR) is 53.3 cm³/mol. The SMILES string of the molecule is NC(C(=O)O)C(N)(C(=O)O)c1ccncc1. The number of hydrogen-bond acceptors (Lipinski definition) is 5. The predicted octanol–water partition coefficient (Wildman–Crippen LogP) is -1.27. The largest absolute Gasteiger partial charge is 0.480 e. The lowest BCUT2D eigenvalue weighted by Gasteiger charge is -2.28. The first-order valence-corrected chi connectivity index (χ1v) is 4.32. The van der Waals surface area contributed by atoms with Crippen LogP contribution in [0.1, 0.15) is 5.56 Å². The molecule has 1 rings (SSSR count). The Labute approximate surface area is 90.7 Å². The van der Waals surface area contributed by atoms with E-state index < -0.39 is 23.5 Å². The Morgan fingerprint density at radius 2 is 1.81 bits per heavy atom. The van der Waals surface area contributed by atoms with Gasteiger partial charge in [-0.1, -0.05) is 0 Å². The topological polar surface area (TPSA) is 140 Å². The van der Waals surface area contributed by atoms with E-state index in [2.05, 4.69) is 4.98 Å². The minimum atomic E-state index is -2.17. The number of carboxylic acids is 2. The van der Waals surface area contributed by atoms with Gasteiger partial charge in [-0.3, -0.25) is 9.78 Å². The average molecular weight is 225 g/mol. The molecule has 0 saturated heterocycles. The summed E-state index contributed by atoms with van der Waals surface area (Å²) in [5, 5.41) is 17.8. The van der Waals surface area contributed by atoms with Crippen molar-refractivity contribution >= 4 is 11.9 Å². The maximum Gasteiger partial charge on any atom is 0.330 e. The van der Waals surface area contributed by atoms with Crippen LogP contribution >= 0.6 is 0 Å². The van der Waals surface area contributed by atoms with Crippen molar-refractivity contribution in [3.05, 3.63) is 30.1 Å². The molecule has 0 spiro atoms. The van der Waals surface area contributed by atoms with Crippen LogP contribution in [0.2, 0.25) is 0 Å². The van der Waals surface area contributed by atoms with E-state index in [0.717, 1.165) is 0 Å². The molecule has 1 aromatic heterocycles. The van der Waals surface area contributed by atoms with E-state index in [-0.39, 0.29) is 5.56 Å². The summed E-state index contributed by atoms with van der Waals surface area (Å²) in [7, 11) is 0. The average Bonchev–Trinajstić information content (AvgIpc) is 2.27. The van der Waals surface area contributed by atoms with Gasteiger partial charge in [-0.05, 0) is 17.7 Å². The number of rotatable bonds is 4. The third-order valence-corrected chi connectivity index (χ3v) is 2.27. The second-order valence-electron chi connectivity index (χ2n) is 3.23. The standard InChI is InChI=1S/C9H11N3O4/c10-6(7(13)14)9(11,8(15)16)5-1-3-12-4-2-5/h1-4,6H,10-11H2,(H,13,14)(H,15,16). The number of nitrogens with zero attached hydrogens (tertiary/aromatic N) is 1. The molecule has 86 valence electrons. The fourth-order valence-corrected chi connectivity index (χ4v) is 1.26. The molecule has 0 radical (unpaired) electrons.